The van der Waals surface area contributed by atoms with Gasteiger partial charge in [-0.2, -0.15) is 0 Å². The Bertz CT molecular complexity index is 563. The van der Waals surface area contributed by atoms with Crippen LogP contribution in [0.2, 0.25) is 0 Å². The summed E-state index contributed by atoms with van der Waals surface area (Å²) in [4.78, 5) is 15.3. The highest BCUT2D eigenvalue weighted by Gasteiger charge is 2.14. The van der Waals surface area contributed by atoms with Gasteiger partial charge in [-0.3, -0.25) is 4.79 Å². The van der Waals surface area contributed by atoms with Crippen molar-refractivity contribution in [1.82, 2.24) is 14.9 Å². The molecule has 1 N–H and O–H groups in total. The molecule has 1 aromatic carbocycles. The Balaban J connectivity index is 2.29. The minimum atomic E-state index is -0.0719. The molecule has 21 heavy (non-hydrogen) atoms. The van der Waals surface area contributed by atoms with E-state index in [0.717, 1.165) is 36.5 Å². The van der Waals surface area contributed by atoms with E-state index >= 15 is 0 Å². The number of carbonyl (C=O) groups excluding carboxylic acids is 1. The number of hydrogen-bond donors (Lipinski definition) is 1. The molecule has 1 atom stereocenters. The third-order valence-electron chi connectivity index (χ3n) is 3.59. The molecule has 2 rings (SSSR count). The first-order chi connectivity index (χ1) is 10.3. The van der Waals surface area contributed by atoms with Gasteiger partial charge in [0.1, 0.15) is 5.82 Å². The molecule has 0 aliphatic heterocycles. The lowest BCUT2D eigenvalue weighted by molar-refractivity contribution is -0.110. The zero-order valence-corrected chi connectivity index (χ0v) is 12.7. The van der Waals surface area contributed by atoms with Gasteiger partial charge < -0.3 is 9.88 Å². The molecule has 1 unspecified atom stereocenters. The van der Waals surface area contributed by atoms with Crippen LogP contribution in [0.3, 0.4) is 0 Å². The highest BCUT2D eigenvalue weighted by molar-refractivity contribution is 5.56. The van der Waals surface area contributed by atoms with Crippen LogP contribution in [0.15, 0.2) is 36.5 Å². The van der Waals surface area contributed by atoms with E-state index in [9.17, 15) is 4.79 Å². The Morgan fingerprint density at radius 3 is 2.71 bits per heavy atom. The van der Waals surface area contributed by atoms with Crippen molar-refractivity contribution >= 4 is 6.41 Å². The van der Waals surface area contributed by atoms with Gasteiger partial charge in [-0.1, -0.05) is 50.1 Å². The van der Waals surface area contributed by atoms with E-state index < -0.39 is 0 Å². The van der Waals surface area contributed by atoms with Crippen LogP contribution < -0.4 is 5.32 Å². The fourth-order valence-corrected chi connectivity index (χ4v) is 2.35. The third kappa shape index (κ3) is 3.94. The highest BCUT2D eigenvalue weighted by atomic mass is 16.1. The van der Waals surface area contributed by atoms with Gasteiger partial charge in [-0.15, -0.1) is 0 Å². The molecule has 0 saturated heterocycles. The molecule has 0 aliphatic rings. The maximum absolute atomic E-state index is 10.6. The number of carbonyl (C=O) groups is 1. The summed E-state index contributed by atoms with van der Waals surface area (Å²) in [6, 6.07) is 10.1. The van der Waals surface area contributed by atoms with Gasteiger partial charge in [0.25, 0.3) is 0 Å². The number of imidazole rings is 1. The average molecular weight is 285 g/mol. The summed E-state index contributed by atoms with van der Waals surface area (Å²) in [5.74, 6) is 0.973. The van der Waals surface area contributed by atoms with Crippen LogP contribution in [0.5, 0.6) is 0 Å². The van der Waals surface area contributed by atoms with Gasteiger partial charge in [0, 0.05) is 18.3 Å². The van der Waals surface area contributed by atoms with Crippen molar-refractivity contribution < 1.29 is 4.79 Å². The number of unbranched alkanes of at least 4 members (excludes halogenated alkanes) is 2. The van der Waals surface area contributed by atoms with E-state index in [-0.39, 0.29) is 6.04 Å². The van der Waals surface area contributed by atoms with Crippen LogP contribution >= 0.6 is 0 Å². The van der Waals surface area contributed by atoms with E-state index in [2.05, 4.69) is 35.1 Å². The first-order valence-corrected chi connectivity index (χ1v) is 7.58. The number of nitrogens with one attached hydrogen (secondary N) is 1. The predicted octanol–water partition coefficient (Wildman–Crippen LogP) is 3.55. The Hall–Kier alpha value is -2.10. The molecule has 4 heteroatoms. The highest BCUT2D eigenvalue weighted by Crippen LogP contribution is 2.22. The van der Waals surface area contributed by atoms with E-state index in [1.807, 2.05) is 25.1 Å². The van der Waals surface area contributed by atoms with Crippen LogP contribution in [0.1, 0.15) is 44.8 Å². The smallest absolute Gasteiger partial charge is 0.207 e. The molecule has 2 aromatic rings. The van der Waals surface area contributed by atoms with Crippen LogP contribution in [0.4, 0.5) is 0 Å². The lowest BCUT2D eigenvalue weighted by Gasteiger charge is -2.07. The van der Waals surface area contributed by atoms with Crippen molar-refractivity contribution in [1.29, 1.82) is 0 Å². The lowest BCUT2D eigenvalue weighted by Crippen LogP contribution is -2.16. The standard InChI is InChI=1S/C17H23N3O/c1-3-4-8-11-20-12-16(14(2)18-13-21)19-17(20)15-9-6-5-7-10-15/h5-7,9-10,12-14H,3-4,8,11H2,1-2H3,(H,18,21). The minimum absolute atomic E-state index is 0.0719. The Kier molecular flexibility index (Phi) is 5.55. The normalized spacial score (nSPS) is 12.1. The molecule has 0 saturated carbocycles. The second-order valence-electron chi connectivity index (χ2n) is 5.26. The summed E-state index contributed by atoms with van der Waals surface area (Å²) in [7, 11) is 0. The zero-order valence-electron chi connectivity index (χ0n) is 12.7. The lowest BCUT2D eigenvalue weighted by atomic mass is 10.2. The number of benzene rings is 1. The molecular weight excluding hydrogens is 262 g/mol. The number of rotatable bonds is 8. The summed E-state index contributed by atoms with van der Waals surface area (Å²) < 4.78 is 2.20. The van der Waals surface area contributed by atoms with Crippen molar-refractivity contribution in [3.8, 4) is 11.4 Å². The predicted molar refractivity (Wildman–Crippen MR) is 84.8 cm³/mol. The molecular formula is C17H23N3O. The summed E-state index contributed by atoms with van der Waals surface area (Å²) in [6.45, 7) is 5.11. The molecule has 0 aliphatic carbocycles. The van der Waals surface area contributed by atoms with Crippen molar-refractivity contribution in [2.75, 3.05) is 0 Å². The van der Waals surface area contributed by atoms with Crippen LogP contribution in [0.25, 0.3) is 11.4 Å². The van der Waals surface area contributed by atoms with Gasteiger partial charge in [-0.25, -0.2) is 4.98 Å². The summed E-state index contributed by atoms with van der Waals surface area (Å²) in [5, 5.41) is 2.76. The minimum Gasteiger partial charge on any atom is -0.351 e. The Morgan fingerprint density at radius 2 is 2.05 bits per heavy atom. The molecule has 1 amide bonds. The van der Waals surface area contributed by atoms with Crippen molar-refractivity contribution in [3.63, 3.8) is 0 Å². The van der Waals surface area contributed by atoms with Gasteiger partial charge in [-0.05, 0) is 13.3 Å². The topological polar surface area (TPSA) is 46.9 Å². The van der Waals surface area contributed by atoms with Crippen molar-refractivity contribution in [3.05, 3.63) is 42.2 Å². The number of amides is 1. The zero-order chi connectivity index (χ0) is 15.1. The summed E-state index contributed by atoms with van der Waals surface area (Å²) >= 11 is 0. The molecule has 0 bridgehead atoms. The average Bonchev–Trinajstić information content (AvgIpc) is 2.93. The summed E-state index contributed by atoms with van der Waals surface area (Å²) in [6.07, 6.45) is 6.33. The van der Waals surface area contributed by atoms with E-state index in [1.54, 1.807) is 0 Å². The maximum atomic E-state index is 10.6. The monoisotopic (exact) mass is 285 g/mol. The number of hydrogen-bond acceptors (Lipinski definition) is 2. The number of aromatic nitrogens is 2. The second kappa shape index (κ2) is 7.62. The molecule has 0 spiro atoms. The van der Waals surface area contributed by atoms with E-state index in [0.29, 0.717) is 0 Å². The van der Waals surface area contributed by atoms with Crippen LogP contribution in [-0.4, -0.2) is 16.0 Å². The fraction of sp³-hybridized carbons (Fsp3) is 0.412. The van der Waals surface area contributed by atoms with Gasteiger partial charge in [0.2, 0.25) is 6.41 Å². The van der Waals surface area contributed by atoms with Crippen molar-refractivity contribution in [2.45, 2.75) is 45.7 Å². The van der Waals surface area contributed by atoms with Crippen LogP contribution in [-0.2, 0) is 11.3 Å². The van der Waals surface area contributed by atoms with E-state index in [1.165, 1.54) is 12.8 Å². The quantitative estimate of drug-likeness (QED) is 0.595. The second-order valence-corrected chi connectivity index (χ2v) is 5.26. The molecule has 4 nitrogen and oxygen atoms in total. The van der Waals surface area contributed by atoms with E-state index in [4.69, 9.17) is 4.98 Å². The Morgan fingerprint density at radius 1 is 1.29 bits per heavy atom. The SMILES string of the molecule is CCCCCn1cc(C(C)NC=O)nc1-c1ccccc1. The summed E-state index contributed by atoms with van der Waals surface area (Å²) in [5.41, 5.74) is 2.01. The number of aryl methyl sites for hydroxylation is 1. The number of nitrogens with zero attached hydrogens (tertiary/aromatic N) is 2. The largest absolute Gasteiger partial charge is 0.351 e. The Labute approximate surface area is 126 Å². The maximum Gasteiger partial charge on any atom is 0.207 e. The molecule has 1 aromatic heterocycles. The first-order valence-electron chi connectivity index (χ1n) is 7.58. The fourth-order valence-electron chi connectivity index (χ4n) is 2.35. The van der Waals surface area contributed by atoms with Crippen LogP contribution in [0, 0.1) is 0 Å². The third-order valence-corrected chi connectivity index (χ3v) is 3.59. The van der Waals surface area contributed by atoms with Gasteiger partial charge >= 0.3 is 0 Å². The van der Waals surface area contributed by atoms with Gasteiger partial charge in [0.15, 0.2) is 0 Å². The molecule has 0 radical (unpaired) electrons. The van der Waals surface area contributed by atoms with Gasteiger partial charge in [0.05, 0.1) is 11.7 Å². The molecule has 112 valence electrons. The first kappa shape index (κ1) is 15.3. The molecule has 0 fully saturated rings. The van der Waals surface area contributed by atoms with Crippen molar-refractivity contribution in [2.24, 2.45) is 0 Å². The molecule has 1 heterocycles.